The van der Waals surface area contributed by atoms with E-state index in [1.54, 1.807) is 21.0 Å². The van der Waals surface area contributed by atoms with E-state index in [0.29, 0.717) is 12.4 Å². The highest BCUT2D eigenvalue weighted by Gasteiger charge is 2.07. The lowest BCUT2D eigenvalue weighted by Gasteiger charge is -2.11. The predicted octanol–water partition coefficient (Wildman–Crippen LogP) is 1.74. The number of aromatic amines is 1. The van der Waals surface area contributed by atoms with Crippen molar-refractivity contribution in [1.82, 2.24) is 9.55 Å². The molecule has 0 fully saturated rings. The highest BCUT2D eigenvalue weighted by molar-refractivity contribution is 5.36. The molecular weight excluding hydrogens is 270 g/mol. The van der Waals surface area contributed by atoms with Crippen molar-refractivity contribution < 1.29 is 4.74 Å². The second kappa shape index (κ2) is 6.30. The number of rotatable bonds is 5. The average Bonchev–Trinajstić information content (AvgIpc) is 2.44. The van der Waals surface area contributed by atoms with Gasteiger partial charge >= 0.3 is 5.69 Å². The van der Waals surface area contributed by atoms with Crippen molar-refractivity contribution in [3.8, 4) is 5.75 Å². The fourth-order valence-electron chi connectivity index (χ4n) is 2.07. The predicted molar refractivity (Wildman–Crippen MR) is 82.0 cm³/mol. The van der Waals surface area contributed by atoms with Crippen molar-refractivity contribution in [2.24, 2.45) is 0 Å². The Morgan fingerprint density at radius 1 is 1.29 bits per heavy atom. The van der Waals surface area contributed by atoms with Gasteiger partial charge in [0.05, 0.1) is 7.11 Å². The molecule has 0 aliphatic heterocycles. The van der Waals surface area contributed by atoms with Crippen LogP contribution in [-0.2, 0) is 6.54 Å². The zero-order valence-corrected chi connectivity index (χ0v) is 12.3. The van der Waals surface area contributed by atoms with Crippen molar-refractivity contribution in [3.63, 3.8) is 0 Å². The van der Waals surface area contributed by atoms with E-state index in [2.05, 4.69) is 10.3 Å². The van der Waals surface area contributed by atoms with Crippen LogP contribution in [0.2, 0.25) is 0 Å². The summed E-state index contributed by atoms with van der Waals surface area (Å²) in [5, 5.41) is 3.04. The molecule has 2 aromatic rings. The van der Waals surface area contributed by atoms with Gasteiger partial charge in [-0.25, -0.2) is 4.79 Å². The van der Waals surface area contributed by atoms with E-state index < -0.39 is 5.69 Å². The Balaban J connectivity index is 2.17. The summed E-state index contributed by atoms with van der Waals surface area (Å²) in [5.41, 5.74) is 0.260. The van der Waals surface area contributed by atoms with Crippen molar-refractivity contribution in [2.45, 2.75) is 26.4 Å². The lowest BCUT2D eigenvalue weighted by molar-refractivity contribution is 0.414. The van der Waals surface area contributed by atoms with Crippen molar-refractivity contribution >= 4 is 5.82 Å². The van der Waals surface area contributed by atoms with Crippen LogP contribution in [-0.4, -0.2) is 16.7 Å². The number of benzene rings is 1. The first-order valence-electron chi connectivity index (χ1n) is 6.74. The lowest BCUT2D eigenvalue weighted by atomic mass is 10.2. The van der Waals surface area contributed by atoms with E-state index in [1.165, 1.54) is 10.6 Å². The van der Waals surface area contributed by atoms with Gasteiger partial charge < -0.3 is 10.1 Å². The Morgan fingerprint density at radius 2 is 2.05 bits per heavy atom. The summed E-state index contributed by atoms with van der Waals surface area (Å²) in [7, 11) is 1.61. The Bertz CT molecular complexity index is 700. The molecule has 6 nitrogen and oxygen atoms in total. The normalized spacial score (nSPS) is 10.7. The molecule has 1 heterocycles. The number of anilines is 1. The molecule has 6 heteroatoms. The van der Waals surface area contributed by atoms with Gasteiger partial charge in [0.2, 0.25) is 0 Å². The molecule has 1 aromatic heterocycles. The molecule has 0 saturated heterocycles. The third-order valence-electron chi connectivity index (χ3n) is 3.10. The van der Waals surface area contributed by atoms with Gasteiger partial charge in [0, 0.05) is 18.7 Å². The number of hydrogen-bond donors (Lipinski definition) is 2. The number of aromatic nitrogens is 2. The number of H-pyrrole nitrogens is 1. The summed E-state index contributed by atoms with van der Waals surface area (Å²) < 4.78 is 6.33. The van der Waals surface area contributed by atoms with Gasteiger partial charge in [-0.3, -0.25) is 14.3 Å². The zero-order valence-electron chi connectivity index (χ0n) is 12.3. The number of nitrogens with zero attached hydrogens (tertiary/aromatic N) is 1. The molecule has 0 spiro atoms. The van der Waals surface area contributed by atoms with E-state index in [9.17, 15) is 9.59 Å². The first-order valence-corrected chi connectivity index (χ1v) is 6.74. The minimum Gasteiger partial charge on any atom is -0.497 e. The molecule has 0 bridgehead atoms. The van der Waals surface area contributed by atoms with Crippen molar-refractivity contribution in [2.75, 3.05) is 12.4 Å². The fourth-order valence-corrected chi connectivity index (χ4v) is 2.07. The molecule has 0 radical (unpaired) electrons. The third kappa shape index (κ3) is 3.53. The maximum atomic E-state index is 11.9. The molecule has 2 N–H and O–H groups in total. The van der Waals surface area contributed by atoms with Crippen molar-refractivity contribution in [3.05, 3.63) is 56.7 Å². The fraction of sp³-hybridized carbons (Fsp3) is 0.333. The van der Waals surface area contributed by atoms with Crippen LogP contribution < -0.4 is 21.3 Å². The summed E-state index contributed by atoms with van der Waals surface area (Å²) in [6, 6.07) is 8.78. The van der Waals surface area contributed by atoms with Crippen LogP contribution >= 0.6 is 0 Å². The number of hydrogen-bond acceptors (Lipinski definition) is 4. The molecule has 21 heavy (non-hydrogen) atoms. The average molecular weight is 289 g/mol. The first-order chi connectivity index (χ1) is 10.0. The Morgan fingerprint density at radius 3 is 2.67 bits per heavy atom. The number of methoxy groups -OCH3 is 1. The van der Waals surface area contributed by atoms with Gasteiger partial charge in [-0.05, 0) is 31.5 Å². The first kappa shape index (κ1) is 14.9. The van der Waals surface area contributed by atoms with E-state index in [-0.39, 0.29) is 11.6 Å². The summed E-state index contributed by atoms with van der Waals surface area (Å²) in [4.78, 5) is 26.4. The summed E-state index contributed by atoms with van der Waals surface area (Å²) in [5.74, 6) is 1.17. The lowest BCUT2D eigenvalue weighted by Crippen LogP contribution is -2.36. The van der Waals surface area contributed by atoms with Gasteiger partial charge in [-0.1, -0.05) is 12.1 Å². The van der Waals surface area contributed by atoms with Crippen LogP contribution in [0.4, 0.5) is 5.82 Å². The van der Waals surface area contributed by atoms with Crippen LogP contribution in [0.5, 0.6) is 5.75 Å². The van der Waals surface area contributed by atoms with Crippen LogP contribution in [0.15, 0.2) is 39.9 Å². The van der Waals surface area contributed by atoms with E-state index in [1.807, 2.05) is 24.3 Å². The number of ether oxygens (including phenoxy) is 1. The molecular formula is C15H19N3O3. The second-order valence-corrected chi connectivity index (χ2v) is 5.00. The standard InChI is InChI=1S/C15H19N3O3/c1-10(2)18-14(19)8-13(17-15(18)20)16-9-11-5-4-6-12(7-11)21-3/h4-8,10,16H,9H2,1-3H3,(H,17,20). The molecule has 0 amide bonds. The Kier molecular flexibility index (Phi) is 4.47. The molecule has 0 atom stereocenters. The summed E-state index contributed by atoms with van der Waals surface area (Å²) in [6.45, 7) is 4.07. The van der Waals surface area contributed by atoms with Gasteiger partial charge in [-0.2, -0.15) is 0 Å². The van der Waals surface area contributed by atoms with Gasteiger partial charge in [0.1, 0.15) is 11.6 Å². The molecule has 0 aliphatic rings. The monoisotopic (exact) mass is 289 g/mol. The van der Waals surface area contributed by atoms with Crippen LogP contribution in [0.3, 0.4) is 0 Å². The van der Waals surface area contributed by atoms with E-state index >= 15 is 0 Å². The highest BCUT2D eigenvalue weighted by atomic mass is 16.5. The van der Waals surface area contributed by atoms with Crippen molar-refractivity contribution in [1.29, 1.82) is 0 Å². The van der Waals surface area contributed by atoms with Gasteiger partial charge in [0.15, 0.2) is 0 Å². The summed E-state index contributed by atoms with van der Waals surface area (Å²) in [6.07, 6.45) is 0. The molecule has 0 aliphatic carbocycles. The topological polar surface area (TPSA) is 76.1 Å². The largest absolute Gasteiger partial charge is 0.497 e. The zero-order chi connectivity index (χ0) is 15.4. The minimum atomic E-state index is -0.411. The molecule has 112 valence electrons. The summed E-state index contributed by atoms with van der Waals surface area (Å²) >= 11 is 0. The number of nitrogens with one attached hydrogen (secondary N) is 2. The van der Waals surface area contributed by atoms with E-state index in [4.69, 9.17) is 4.74 Å². The molecule has 0 unspecified atom stereocenters. The molecule has 0 saturated carbocycles. The molecule has 2 rings (SSSR count). The highest BCUT2D eigenvalue weighted by Crippen LogP contribution is 2.13. The maximum Gasteiger partial charge on any atom is 0.330 e. The quantitative estimate of drug-likeness (QED) is 0.879. The molecule has 1 aromatic carbocycles. The minimum absolute atomic E-state index is 0.173. The van der Waals surface area contributed by atoms with Gasteiger partial charge in [-0.15, -0.1) is 0 Å². The second-order valence-electron chi connectivity index (χ2n) is 5.00. The van der Waals surface area contributed by atoms with Crippen LogP contribution in [0, 0.1) is 0 Å². The SMILES string of the molecule is COc1cccc(CNc2cc(=O)n(C(C)C)c(=O)[nH]2)c1. The smallest absolute Gasteiger partial charge is 0.330 e. The van der Waals surface area contributed by atoms with Gasteiger partial charge in [0.25, 0.3) is 5.56 Å². The van der Waals surface area contributed by atoms with Crippen LogP contribution in [0.1, 0.15) is 25.5 Å². The van der Waals surface area contributed by atoms with Crippen LogP contribution in [0.25, 0.3) is 0 Å². The third-order valence-corrected chi connectivity index (χ3v) is 3.10. The Hall–Kier alpha value is -2.50. The van der Waals surface area contributed by atoms with E-state index in [0.717, 1.165) is 11.3 Å². The maximum absolute atomic E-state index is 11.9. The Labute approximate surface area is 122 Å².